The summed E-state index contributed by atoms with van der Waals surface area (Å²) in [7, 11) is 0. The minimum atomic E-state index is 0.313. The normalized spacial score (nSPS) is 21.4. The van der Waals surface area contributed by atoms with Gasteiger partial charge in [-0.2, -0.15) is 5.10 Å². The van der Waals surface area contributed by atoms with Gasteiger partial charge in [0.25, 0.3) is 0 Å². The molecule has 0 spiro atoms. The van der Waals surface area contributed by atoms with E-state index >= 15 is 0 Å². The van der Waals surface area contributed by atoms with Crippen LogP contribution in [0.25, 0.3) is 5.52 Å². The minimum absolute atomic E-state index is 0.313. The average molecular weight is 202 g/mol. The van der Waals surface area contributed by atoms with Crippen molar-refractivity contribution < 1.29 is 0 Å². The molecule has 3 rings (SSSR count). The van der Waals surface area contributed by atoms with Crippen LogP contribution in [-0.4, -0.2) is 28.7 Å². The Kier molecular flexibility index (Phi) is 1.89. The van der Waals surface area contributed by atoms with E-state index in [9.17, 15) is 0 Å². The third-order valence-corrected chi connectivity index (χ3v) is 2.98. The predicted molar refractivity (Wildman–Crippen MR) is 60.0 cm³/mol. The van der Waals surface area contributed by atoms with Gasteiger partial charge in [-0.25, -0.2) is 4.52 Å². The van der Waals surface area contributed by atoms with Crippen LogP contribution in [0.2, 0.25) is 0 Å². The first-order valence-electron chi connectivity index (χ1n) is 5.27. The largest absolute Gasteiger partial charge is 0.368 e. The number of nitrogens with zero attached hydrogens (tertiary/aromatic N) is 3. The van der Waals surface area contributed by atoms with E-state index in [1.54, 1.807) is 0 Å². The van der Waals surface area contributed by atoms with E-state index in [4.69, 9.17) is 5.73 Å². The Hall–Kier alpha value is -1.55. The van der Waals surface area contributed by atoms with Gasteiger partial charge in [0.1, 0.15) is 0 Å². The molecule has 4 nitrogen and oxygen atoms in total. The van der Waals surface area contributed by atoms with E-state index < -0.39 is 0 Å². The molecule has 78 valence electrons. The van der Waals surface area contributed by atoms with E-state index in [-0.39, 0.29) is 0 Å². The van der Waals surface area contributed by atoms with E-state index in [0.29, 0.717) is 6.04 Å². The lowest BCUT2D eigenvalue weighted by molar-refractivity contribution is 0.752. The first-order valence-corrected chi connectivity index (χ1v) is 5.27. The van der Waals surface area contributed by atoms with Crippen LogP contribution < -0.4 is 10.6 Å². The second-order valence-corrected chi connectivity index (χ2v) is 4.05. The zero-order chi connectivity index (χ0) is 10.3. The molecule has 1 aliphatic rings. The highest BCUT2D eigenvalue weighted by atomic mass is 15.2. The molecule has 0 aliphatic carbocycles. The van der Waals surface area contributed by atoms with Gasteiger partial charge in [0.15, 0.2) is 0 Å². The molecule has 1 aliphatic heterocycles. The SMILES string of the molecule is N[C@@H]1CCN(c2cccn3nccc23)C1. The molecule has 1 saturated heterocycles. The fourth-order valence-electron chi connectivity index (χ4n) is 2.21. The molecule has 0 saturated carbocycles. The van der Waals surface area contributed by atoms with Crippen LogP contribution in [0, 0.1) is 0 Å². The lowest BCUT2D eigenvalue weighted by Crippen LogP contribution is -2.26. The first-order chi connectivity index (χ1) is 7.34. The Morgan fingerprint density at radius 3 is 3.13 bits per heavy atom. The monoisotopic (exact) mass is 202 g/mol. The van der Waals surface area contributed by atoms with Gasteiger partial charge in [-0.05, 0) is 24.6 Å². The predicted octanol–water partition coefficient (Wildman–Crippen LogP) is 0.872. The van der Waals surface area contributed by atoms with Crippen molar-refractivity contribution in [1.29, 1.82) is 0 Å². The van der Waals surface area contributed by atoms with Gasteiger partial charge in [-0.15, -0.1) is 0 Å². The third kappa shape index (κ3) is 1.37. The molecule has 0 aromatic carbocycles. The highest BCUT2D eigenvalue weighted by Crippen LogP contribution is 2.24. The molecule has 0 bridgehead atoms. The van der Waals surface area contributed by atoms with Crippen molar-refractivity contribution in [2.24, 2.45) is 5.73 Å². The topological polar surface area (TPSA) is 46.6 Å². The summed E-state index contributed by atoms with van der Waals surface area (Å²) in [5, 5.41) is 4.23. The van der Waals surface area contributed by atoms with E-state index in [1.807, 2.05) is 29.0 Å². The summed E-state index contributed by atoms with van der Waals surface area (Å²) in [6.07, 6.45) is 4.87. The molecule has 0 radical (unpaired) electrons. The van der Waals surface area contributed by atoms with Crippen LogP contribution in [0.4, 0.5) is 5.69 Å². The lowest BCUT2D eigenvalue weighted by atomic mass is 10.3. The third-order valence-electron chi connectivity index (χ3n) is 2.98. The number of pyridine rings is 1. The van der Waals surface area contributed by atoms with Gasteiger partial charge >= 0.3 is 0 Å². The standard InChI is InChI=1S/C11H14N4/c12-9-4-7-14(8-9)10-2-1-6-15-11(10)3-5-13-15/h1-3,5-6,9H,4,7-8,12H2/t9-/m1/s1. The Morgan fingerprint density at radius 1 is 1.40 bits per heavy atom. The number of anilines is 1. The quantitative estimate of drug-likeness (QED) is 0.746. The van der Waals surface area contributed by atoms with Crippen LogP contribution in [-0.2, 0) is 0 Å². The molecule has 0 unspecified atom stereocenters. The van der Waals surface area contributed by atoms with Crippen LogP contribution in [0.5, 0.6) is 0 Å². The Balaban J connectivity index is 2.06. The van der Waals surface area contributed by atoms with Crippen molar-refractivity contribution in [3.63, 3.8) is 0 Å². The molecule has 1 fully saturated rings. The summed E-state index contributed by atoms with van der Waals surface area (Å²) in [6, 6.07) is 6.51. The zero-order valence-corrected chi connectivity index (χ0v) is 8.50. The van der Waals surface area contributed by atoms with E-state index in [1.165, 1.54) is 5.69 Å². The smallest absolute Gasteiger partial charge is 0.0894 e. The van der Waals surface area contributed by atoms with Crippen LogP contribution in [0.1, 0.15) is 6.42 Å². The van der Waals surface area contributed by atoms with Crippen molar-refractivity contribution in [3.8, 4) is 0 Å². The number of aromatic nitrogens is 2. The van der Waals surface area contributed by atoms with Crippen LogP contribution in [0.15, 0.2) is 30.6 Å². The summed E-state index contributed by atoms with van der Waals surface area (Å²) >= 11 is 0. The Bertz CT molecular complexity index is 476. The van der Waals surface area contributed by atoms with Crippen molar-refractivity contribution in [2.75, 3.05) is 18.0 Å². The molecule has 2 aromatic heterocycles. The second kappa shape index (κ2) is 3.24. The van der Waals surface area contributed by atoms with Crippen LogP contribution in [0.3, 0.4) is 0 Å². The van der Waals surface area contributed by atoms with Gasteiger partial charge in [-0.3, -0.25) is 0 Å². The molecule has 1 atom stereocenters. The van der Waals surface area contributed by atoms with Crippen molar-refractivity contribution in [3.05, 3.63) is 30.6 Å². The molecule has 2 N–H and O–H groups in total. The van der Waals surface area contributed by atoms with Crippen molar-refractivity contribution in [2.45, 2.75) is 12.5 Å². The molecule has 3 heterocycles. The summed E-state index contributed by atoms with van der Waals surface area (Å²) in [5.74, 6) is 0. The molecule has 15 heavy (non-hydrogen) atoms. The number of fused-ring (bicyclic) bond motifs is 1. The Morgan fingerprint density at radius 2 is 2.33 bits per heavy atom. The van der Waals surface area contributed by atoms with E-state index in [0.717, 1.165) is 25.0 Å². The minimum Gasteiger partial charge on any atom is -0.368 e. The molecule has 0 amide bonds. The average Bonchev–Trinajstić information content (AvgIpc) is 2.84. The van der Waals surface area contributed by atoms with Crippen molar-refractivity contribution >= 4 is 11.2 Å². The fraction of sp³-hybridized carbons (Fsp3) is 0.364. The van der Waals surface area contributed by atoms with Gasteiger partial charge in [0, 0.05) is 25.3 Å². The molecule has 4 heteroatoms. The molecular formula is C11H14N4. The van der Waals surface area contributed by atoms with Crippen LogP contribution >= 0.6 is 0 Å². The van der Waals surface area contributed by atoms with Gasteiger partial charge in [0.05, 0.1) is 17.4 Å². The highest BCUT2D eigenvalue weighted by molar-refractivity contribution is 5.72. The maximum Gasteiger partial charge on any atom is 0.0894 e. The van der Waals surface area contributed by atoms with Crippen molar-refractivity contribution in [1.82, 2.24) is 9.61 Å². The summed E-state index contributed by atoms with van der Waals surface area (Å²) in [5.41, 5.74) is 8.32. The summed E-state index contributed by atoms with van der Waals surface area (Å²) < 4.78 is 1.90. The number of rotatable bonds is 1. The maximum atomic E-state index is 5.92. The maximum absolute atomic E-state index is 5.92. The summed E-state index contributed by atoms with van der Waals surface area (Å²) in [4.78, 5) is 2.34. The second-order valence-electron chi connectivity index (χ2n) is 4.05. The highest BCUT2D eigenvalue weighted by Gasteiger charge is 2.20. The molecular weight excluding hydrogens is 188 g/mol. The summed E-state index contributed by atoms with van der Waals surface area (Å²) in [6.45, 7) is 2.00. The van der Waals surface area contributed by atoms with E-state index in [2.05, 4.69) is 16.1 Å². The number of hydrogen-bond acceptors (Lipinski definition) is 3. The molecule has 2 aromatic rings. The zero-order valence-electron chi connectivity index (χ0n) is 8.50. The van der Waals surface area contributed by atoms with Gasteiger partial charge < -0.3 is 10.6 Å². The van der Waals surface area contributed by atoms with Gasteiger partial charge in [0.2, 0.25) is 0 Å². The number of nitrogens with two attached hydrogens (primary N) is 1. The Labute approximate surface area is 88.3 Å². The lowest BCUT2D eigenvalue weighted by Gasteiger charge is -2.18. The fourth-order valence-corrected chi connectivity index (χ4v) is 2.21. The first kappa shape index (κ1) is 8.73. The van der Waals surface area contributed by atoms with Gasteiger partial charge in [-0.1, -0.05) is 0 Å². The number of hydrogen-bond donors (Lipinski definition) is 1.